The number of piperazine rings is 1. The molecule has 166 valence electrons. The molecule has 1 aliphatic heterocycles. The second kappa shape index (κ2) is 10.2. The van der Waals surface area contributed by atoms with E-state index >= 15 is 0 Å². The van der Waals surface area contributed by atoms with Crippen molar-refractivity contribution in [3.63, 3.8) is 0 Å². The lowest BCUT2D eigenvalue weighted by atomic mass is 9.89. The van der Waals surface area contributed by atoms with Crippen molar-refractivity contribution >= 4 is 12.2 Å². The Morgan fingerprint density at radius 2 is 1.77 bits per heavy atom. The number of nitrogens with one attached hydrogen (secondary N) is 1. The van der Waals surface area contributed by atoms with Crippen molar-refractivity contribution in [3.8, 4) is 0 Å². The molecule has 0 bridgehead atoms. The number of amides is 2. The smallest absolute Gasteiger partial charge is 0.410 e. The van der Waals surface area contributed by atoms with E-state index < -0.39 is 5.60 Å². The van der Waals surface area contributed by atoms with Crippen LogP contribution in [0, 0.1) is 0 Å². The van der Waals surface area contributed by atoms with Gasteiger partial charge in [-0.25, -0.2) is 9.59 Å². The lowest BCUT2D eigenvalue weighted by Gasteiger charge is -2.42. The van der Waals surface area contributed by atoms with E-state index in [0.29, 0.717) is 25.7 Å². The average Bonchev–Trinajstić information content (AvgIpc) is 2.71. The molecule has 30 heavy (non-hydrogen) atoms. The van der Waals surface area contributed by atoms with Crippen LogP contribution in [-0.4, -0.2) is 65.9 Å². The van der Waals surface area contributed by atoms with Gasteiger partial charge in [0.25, 0.3) is 0 Å². The first kappa shape index (κ1) is 22.4. The second-order valence-electron chi connectivity index (χ2n) is 9.23. The quantitative estimate of drug-likeness (QED) is 0.807. The van der Waals surface area contributed by atoms with Gasteiger partial charge in [-0.15, -0.1) is 0 Å². The van der Waals surface area contributed by atoms with E-state index in [0.717, 1.165) is 44.3 Å². The summed E-state index contributed by atoms with van der Waals surface area (Å²) < 4.78 is 10.9. The van der Waals surface area contributed by atoms with Crippen LogP contribution in [0.2, 0.25) is 0 Å². The van der Waals surface area contributed by atoms with Gasteiger partial charge in [0.1, 0.15) is 12.2 Å². The first-order valence-corrected chi connectivity index (χ1v) is 11.0. The average molecular weight is 418 g/mol. The molecule has 1 aromatic carbocycles. The predicted octanol–water partition coefficient (Wildman–Crippen LogP) is 3.78. The van der Waals surface area contributed by atoms with Gasteiger partial charge in [-0.1, -0.05) is 30.3 Å². The Kier molecular flexibility index (Phi) is 7.58. The summed E-state index contributed by atoms with van der Waals surface area (Å²) in [5.74, 6) is 0. The zero-order valence-corrected chi connectivity index (χ0v) is 18.4. The molecule has 1 aromatic rings. The van der Waals surface area contributed by atoms with Crippen molar-refractivity contribution in [1.82, 2.24) is 15.1 Å². The van der Waals surface area contributed by atoms with E-state index in [1.165, 1.54) is 0 Å². The van der Waals surface area contributed by atoms with Crippen LogP contribution in [0.4, 0.5) is 9.59 Å². The van der Waals surface area contributed by atoms with Gasteiger partial charge < -0.3 is 19.7 Å². The maximum Gasteiger partial charge on any atom is 0.410 e. The molecule has 0 spiro atoms. The zero-order chi connectivity index (χ0) is 21.6. The van der Waals surface area contributed by atoms with Gasteiger partial charge in [-0.05, 0) is 52.0 Å². The summed E-state index contributed by atoms with van der Waals surface area (Å²) in [5, 5.41) is 3.03. The Morgan fingerprint density at radius 1 is 1.07 bits per heavy atom. The minimum absolute atomic E-state index is 0.146. The molecule has 1 saturated carbocycles. The first-order valence-electron chi connectivity index (χ1n) is 11.0. The summed E-state index contributed by atoms with van der Waals surface area (Å²) in [7, 11) is 0. The normalized spacial score (nSPS) is 23.0. The Morgan fingerprint density at radius 3 is 2.43 bits per heavy atom. The molecule has 1 saturated heterocycles. The highest BCUT2D eigenvalue weighted by Crippen LogP contribution is 2.25. The van der Waals surface area contributed by atoms with E-state index in [9.17, 15) is 9.59 Å². The van der Waals surface area contributed by atoms with Crippen LogP contribution in [0.25, 0.3) is 0 Å². The fraction of sp³-hybridized carbons (Fsp3) is 0.652. The maximum absolute atomic E-state index is 12.4. The van der Waals surface area contributed by atoms with Crippen LogP contribution in [0.5, 0.6) is 0 Å². The number of alkyl carbamates (subject to hydrolysis) is 1. The summed E-state index contributed by atoms with van der Waals surface area (Å²) in [6.45, 7) is 8.96. The van der Waals surface area contributed by atoms with Crippen LogP contribution in [0.1, 0.15) is 52.0 Å². The van der Waals surface area contributed by atoms with Gasteiger partial charge in [-0.2, -0.15) is 0 Å². The van der Waals surface area contributed by atoms with Crippen molar-refractivity contribution in [2.75, 3.05) is 26.2 Å². The lowest BCUT2D eigenvalue weighted by Crippen LogP contribution is -2.54. The number of carbonyl (C=O) groups is 2. The maximum atomic E-state index is 12.4. The Hall–Kier alpha value is -2.28. The molecule has 2 unspecified atom stereocenters. The van der Waals surface area contributed by atoms with Crippen LogP contribution in [-0.2, 0) is 16.1 Å². The Balaban J connectivity index is 1.40. The molecular weight excluding hydrogens is 382 g/mol. The molecule has 0 aromatic heterocycles. The SMILES string of the molecule is CC(C)(C)OC(=O)NC1CCCC(N2CCN(C(=O)OCc3ccccc3)CC2)C1. The van der Waals surface area contributed by atoms with Gasteiger partial charge in [-0.3, -0.25) is 4.90 Å². The van der Waals surface area contributed by atoms with Crippen LogP contribution in [0.3, 0.4) is 0 Å². The second-order valence-corrected chi connectivity index (χ2v) is 9.23. The van der Waals surface area contributed by atoms with Gasteiger partial charge in [0.2, 0.25) is 0 Å². The third-order valence-electron chi connectivity index (χ3n) is 5.66. The van der Waals surface area contributed by atoms with Crippen molar-refractivity contribution in [3.05, 3.63) is 35.9 Å². The Bertz CT molecular complexity index is 696. The Labute approximate surface area is 179 Å². The summed E-state index contributed by atoms with van der Waals surface area (Å²) in [6, 6.07) is 10.3. The summed E-state index contributed by atoms with van der Waals surface area (Å²) in [5.41, 5.74) is 0.513. The predicted molar refractivity (Wildman–Crippen MR) is 115 cm³/mol. The first-order chi connectivity index (χ1) is 14.3. The van der Waals surface area contributed by atoms with Gasteiger partial charge in [0.15, 0.2) is 0 Å². The number of rotatable bonds is 4. The summed E-state index contributed by atoms with van der Waals surface area (Å²) in [6.07, 6.45) is 3.56. The molecule has 7 heteroatoms. The zero-order valence-electron chi connectivity index (χ0n) is 18.4. The topological polar surface area (TPSA) is 71.1 Å². The van der Waals surface area contributed by atoms with E-state index in [1.54, 1.807) is 4.90 Å². The van der Waals surface area contributed by atoms with Crippen LogP contribution < -0.4 is 5.32 Å². The number of ether oxygens (including phenoxy) is 2. The highest BCUT2D eigenvalue weighted by molar-refractivity contribution is 5.68. The highest BCUT2D eigenvalue weighted by Gasteiger charge is 2.31. The van der Waals surface area contributed by atoms with Gasteiger partial charge in [0, 0.05) is 38.3 Å². The minimum atomic E-state index is -0.483. The standard InChI is InChI=1S/C23H35N3O4/c1-23(2,3)30-21(27)24-19-10-7-11-20(16-19)25-12-14-26(15-13-25)22(28)29-17-18-8-5-4-6-9-18/h4-6,8-9,19-20H,7,10-17H2,1-3H3,(H,24,27). The van der Waals surface area contributed by atoms with Gasteiger partial charge >= 0.3 is 12.2 Å². The minimum Gasteiger partial charge on any atom is -0.445 e. The summed E-state index contributed by atoms with van der Waals surface area (Å²) in [4.78, 5) is 28.7. The van der Waals surface area contributed by atoms with E-state index in [1.807, 2.05) is 51.1 Å². The molecule has 2 amide bonds. The lowest BCUT2D eigenvalue weighted by molar-refractivity contribution is 0.0390. The molecule has 3 rings (SSSR count). The highest BCUT2D eigenvalue weighted by atomic mass is 16.6. The molecule has 1 N–H and O–H groups in total. The van der Waals surface area contributed by atoms with Crippen molar-refractivity contribution in [1.29, 1.82) is 0 Å². The van der Waals surface area contributed by atoms with Crippen molar-refractivity contribution < 1.29 is 19.1 Å². The molecule has 2 fully saturated rings. The molecule has 2 atom stereocenters. The van der Waals surface area contributed by atoms with Gasteiger partial charge in [0.05, 0.1) is 0 Å². The van der Waals surface area contributed by atoms with E-state index in [2.05, 4.69) is 10.2 Å². The molecule has 7 nitrogen and oxygen atoms in total. The number of nitrogens with zero attached hydrogens (tertiary/aromatic N) is 2. The van der Waals surface area contributed by atoms with Crippen LogP contribution >= 0.6 is 0 Å². The molecule has 0 radical (unpaired) electrons. The number of carbonyl (C=O) groups excluding carboxylic acids is 2. The van der Waals surface area contributed by atoms with Crippen molar-refractivity contribution in [2.45, 2.75) is 70.7 Å². The van der Waals surface area contributed by atoms with Crippen LogP contribution in [0.15, 0.2) is 30.3 Å². The largest absolute Gasteiger partial charge is 0.445 e. The molecule has 2 aliphatic rings. The number of hydrogen-bond acceptors (Lipinski definition) is 5. The van der Waals surface area contributed by atoms with E-state index in [4.69, 9.17) is 9.47 Å². The molecular formula is C23H35N3O4. The third kappa shape index (κ3) is 6.90. The molecule has 1 aliphatic carbocycles. The summed E-state index contributed by atoms with van der Waals surface area (Å²) >= 11 is 0. The fourth-order valence-corrected chi connectivity index (χ4v) is 4.18. The monoisotopic (exact) mass is 417 g/mol. The number of benzene rings is 1. The molecule has 1 heterocycles. The number of hydrogen-bond donors (Lipinski definition) is 1. The third-order valence-corrected chi connectivity index (χ3v) is 5.66. The van der Waals surface area contributed by atoms with Crippen molar-refractivity contribution in [2.24, 2.45) is 0 Å². The fourth-order valence-electron chi connectivity index (χ4n) is 4.18. The van der Waals surface area contributed by atoms with E-state index in [-0.39, 0.29) is 18.2 Å².